The van der Waals surface area contributed by atoms with Crippen molar-refractivity contribution in [1.82, 2.24) is 41.3 Å². The van der Waals surface area contributed by atoms with Crippen LogP contribution in [0.15, 0.2) is 97.1 Å². The van der Waals surface area contributed by atoms with Crippen molar-refractivity contribution >= 4 is 35.3 Å². The fourth-order valence-corrected chi connectivity index (χ4v) is 8.45. The van der Waals surface area contributed by atoms with Gasteiger partial charge in [0.1, 0.15) is 35.2 Å². The molecule has 5 amide bonds. The van der Waals surface area contributed by atoms with Gasteiger partial charge in [-0.25, -0.2) is 0 Å². The van der Waals surface area contributed by atoms with Gasteiger partial charge in [0.2, 0.25) is 23.5 Å². The lowest BCUT2D eigenvalue weighted by atomic mass is 9.93. The third-order valence-corrected chi connectivity index (χ3v) is 12.5. The molecule has 4 aromatic carbocycles. The maximum Gasteiger partial charge on any atom is 0.289 e. The minimum Gasteiger partial charge on any atom is -0.508 e. The highest BCUT2D eigenvalue weighted by Crippen LogP contribution is 2.38. The van der Waals surface area contributed by atoms with Crippen LogP contribution in [0.4, 0.5) is 0 Å². The second-order valence-electron chi connectivity index (χ2n) is 19.7. The SMILES string of the molecule is CCNC(=O)c1nnc(-c2cc(C(C)C)c(O)cc2O)n1-c1ccc(C(=O)NC(CCc2ccccc2)C(=O)NC(CC(C)C)C(=O)NC(Cc2ccccc2)C(=O)NC(CC(C)C)C(=O)C2(C)CO2)cc1. The number of Topliss-reactive ketones (excluding diaryl/α,β-unsaturated/α-hetero) is 1. The summed E-state index contributed by atoms with van der Waals surface area (Å²) < 4.78 is 6.88. The Kier molecular flexibility index (Phi) is 18.1. The van der Waals surface area contributed by atoms with Crippen molar-refractivity contribution in [1.29, 1.82) is 0 Å². The molecule has 72 heavy (non-hydrogen) atoms. The number of amides is 5. The van der Waals surface area contributed by atoms with Crippen LogP contribution in [-0.4, -0.2) is 103 Å². The number of carbonyl (C=O) groups excluding carboxylic acids is 6. The van der Waals surface area contributed by atoms with Gasteiger partial charge in [-0.1, -0.05) is 102 Å². The predicted molar refractivity (Wildman–Crippen MR) is 272 cm³/mol. The molecule has 0 bridgehead atoms. The van der Waals surface area contributed by atoms with Gasteiger partial charge in [-0.05, 0) is 104 Å². The quantitative estimate of drug-likeness (QED) is 0.0349. The molecule has 2 heterocycles. The highest BCUT2D eigenvalue weighted by Gasteiger charge is 2.50. The van der Waals surface area contributed by atoms with Gasteiger partial charge in [-0.15, -0.1) is 10.2 Å². The van der Waals surface area contributed by atoms with E-state index in [2.05, 4.69) is 36.8 Å². The first-order valence-corrected chi connectivity index (χ1v) is 24.7. The molecular formula is C55H68N8O9. The van der Waals surface area contributed by atoms with Gasteiger partial charge in [-0.3, -0.25) is 33.3 Å². The zero-order valence-electron chi connectivity index (χ0n) is 42.3. The number of hydrogen-bond donors (Lipinski definition) is 7. The Balaban J connectivity index is 1.26. The fraction of sp³-hybridized carbons (Fsp3) is 0.418. The summed E-state index contributed by atoms with van der Waals surface area (Å²) in [6.45, 7) is 15.5. The largest absolute Gasteiger partial charge is 0.508 e. The van der Waals surface area contributed by atoms with Crippen molar-refractivity contribution in [2.45, 2.75) is 123 Å². The molecular weight excluding hydrogens is 917 g/mol. The molecule has 7 N–H and O–H groups in total. The summed E-state index contributed by atoms with van der Waals surface area (Å²) in [5.41, 5.74) is 2.01. The van der Waals surface area contributed by atoms with Crippen molar-refractivity contribution in [3.05, 3.63) is 125 Å². The molecule has 5 unspecified atom stereocenters. The number of aromatic nitrogens is 3. The molecule has 17 heteroatoms. The highest BCUT2D eigenvalue weighted by atomic mass is 16.6. The number of nitrogens with one attached hydrogen (secondary N) is 5. The zero-order chi connectivity index (χ0) is 52.3. The van der Waals surface area contributed by atoms with E-state index in [-0.39, 0.29) is 83.7 Å². The molecule has 0 radical (unpaired) electrons. The number of aromatic hydroxyl groups is 2. The molecule has 1 aliphatic rings. The molecule has 5 atom stereocenters. The number of rotatable bonds is 24. The normalized spacial score (nSPS) is 15.8. The molecule has 0 aliphatic carbocycles. The van der Waals surface area contributed by atoms with E-state index >= 15 is 0 Å². The molecule has 382 valence electrons. The van der Waals surface area contributed by atoms with Gasteiger partial charge in [0, 0.05) is 30.3 Å². The number of aryl methyl sites for hydroxylation is 1. The first kappa shape index (κ1) is 53.9. The summed E-state index contributed by atoms with van der Waals surface area (Å²) in [7, 11) is 0. The molecule has 1 aromatic heterocycles. The summed E-state index contributed by atoms with van der Waals surface area (Å²) in [5.74, 6) is -3.63. The summed E-state index contributed by atoms with van der Waals surface area (Å²) in [6.07, 6.45) is 1.25. The lowest BCUT2D eigenvalue weighted by Crippen LogP contribution is -2.59. The van der Waals surface area contributed by atoms with E-state index in [1.54, 1.807) is 32.0 Å². The number of benzene rings is 4. The first-order valence-electron chi connectivity index (χ1n) is 24.7. The van der Waals surface area contributed by atoms with Crippen LogP contribution in [0.3, 0.4) is 0 Å². The Labute approximate surface area is 420 Å². The Morgan fingerprint density at radius 3 is 1.81 bits per heavy atom. The average Bonchev–Trinajstić information content (AvgIpc) is 3.95. The van der Waals surface area contributed by atoms with Crippen molar-refractivity contribution in [2.24, 2.45) is 11.8 Å². The molecule has 5 aromatic rings. The van der Waals surface area contributed by atoms with Gasteiger partial charge < -0.3 is 41.5 Å². The Bertz CT molecular complexity index is 2700. The smallest absolute Gasteiger partial charge is 0.289 e. The molecule has 6 rings (SSSR count). The van der Waals surface area contributed by atoms with Crippen LogP contribution >= 0.6 is 0 Å². The van der Waals surface area contributed by atoms with Crippen LogP contribution in [0, 0.1) is 11.8 Å². The Morgan fingerprint density at radius 1 is 0.667 bits per heavy atom. The number of phenols is 2. The summed E-state index contributed by atoms with van der Waals surface area (Å²) in [5, 5.41) is 44.3. The van der Waals surface area contributed by atoms with Gasteiger partial charge >= 0.3 is 0 Å². The highest BCUT2D eigenvalue weighted by molar-refractivity contribution is 6.00. The zero-order valence-corrected chi connectivity index (χ0v) is 42.3. The molecule has 1 fully saturated rings. The lowest BCUT2D eigenvalue weighted by molar-refractivity contribution is -0.134. The predicted octanol–water partition coefficient (Wildman–Crippen LogP) is 6.10. The Hall–Kier alpha value is -7.40. The minimum atomic E-state index is -1.13. The monoisotopic (exact) mass is 985 g/mol. The van der Waals surface area contributed by atoms with E-state index in [1.165, 1.54) is 22.8 Å². The Morgan fingerprint density at radius 2 is 1.22 bits per heavy atom. The maximum absolute atomic E-state index is 14.5. The molecule has 1 saturated heterocycles. The van der Waals surface area contributed by atoms with Gasteiger partial charge in [0.25, 0.3) is 11.8 Å². The number of nitrogens with zero attached hydrogens (tertiary/aromatic N) is 3. The van der Waals surface area contributed by atoms with Crippen LogP contribution in [0.5, 0.6) is 11.5 Å². The number of ether oxygens (including phenoxy) is 1. The lowest BCUT2D eigenvalue weighted by Gasteiger charge is -2.28. The number of phenolic OH excluding ortho intramolecular Hbond substituents is 2. The van der Waals surface area contributed by atoms with E-state index in [4.69, 9.17) is 4.74 Å². The second-order valence-corrected chi connectivity index (χ2v) is 19.7. The third kappa shape index (κ3) is 13.9. The maximum atomic E-state index is 14.5. The number of ketones is 1. The molecule has 1 aliphatic heterocycles. The van der Waals surface area contributed by atoms with Crippen molar-refractivity contribution in [2.75, 3.05) is 13.2 Å². The van der Waals surface area contributed by atoms with E-state index < -0.39 is 59.3 Å². The van der Waals surface area contributed by atoms with E-state index in [0.717, 1.165) is 11.1 Å². The van der Waals surface area contributed by atoms with Crippen LogP contribution in [0.25, 0.3) is 17.1 Å². The molecule has 0 saturated carbocycles. The van der Waals surface area contributed by atoms with E-state index in [0.29, 0.717) is 30.6 Å². The van der Waals surface area contributed by atoms with Gasteiger partial charge in [0.15, 0.2) is 11.6 Å². The number of hydrogen-bond acceptors (Lipinski definition) is 11. The van der Waals surface area contributed by atoms with Crippen molar-refractivity contribution in [3.63, 3.8) is 0 Å². The third-order valence-electron chi connectivity index (χ3n) is 12.5. The van der Waals surface area contributed by atoms with Gasteiger partial charge in [-0.2, -0.15) is 0 Å². The summed E-state index contributed by atoms with van der Waals surface area (Å²) in [6, 6.07) is 23.4. The van der Waals surface area contributed by atoms with Crippen molar-refractivity contribution < 1.29 is 43.7 Å². The van der Waals surface area contributed by atoms with Gasteiger partial charge in [0.05, 0.1) is 18.2 Å². The van der Waals surface area contributed by atoms with Crippen LogP contribution in [-0.2, 0) is 36.8 Å². The van der Waals surface area contributed by atoms with Crippen LogP contribution in [0.1, 0.15) is 118 Å². The number of epoxide rings is 1. The fourth-order valence-electron chi connectivity index (χ4n) is 8.45. The van der Waals surface area contributed by atoms with Crippen LogP contribution < -0.4 is 26.6 Å². The molecule has 17 nitrogen and oxygen atoms in total. The topological polar surface area (TPSA) is 246 Å². The average molecular weight is 985 g/mol. The molecule has 0 spiro atoms. The first-order chi connectivity index (χ1) is 34.3. The van der Waals surface area contributed by atoms with E-state index in [9.17, 15) is 39.0 Å². The van der Waals surface area contributed by atoms with Crippen molar-refractivity contribution in [3.8, 4) is 28.6 Å². The second kappa shape index (κ2) is 24.1. The number of carbonyl (C=O) groups is 6. The van der Waals surface area contributed by atoms with Crippen LogP contribution in [0.2, 0.25) is 0 Å². The minimum absolute atomic E-state index is 0.0671. The standard InChI is InChI=1S/C55H68N8O9/c1-9-56-54(71)49-62-61-48(40-29-39(34(6)7)45(64)30-46(40)65)63(49)38-23-21-37(22-24-38)50(67)57-41(25-20-35-16-12-10-13-17-35)51(68)59-43(27-33(4)5)52(69)60-44(28-36-18-14-11-15-19-36)53(70)58-42(26-32(2)3)47(66)55(8)31-72-55/h10-19,21-24,29-30,32-34,41-44,64-65H,9,20,25-28,31H2,1-8H3,(H,56,71)(H,57,67)(H,58,70)(H,59,68)(H,60,69). The van der Waals surface area contributed by atoms with E-state index in [1.807, 2.05) is 102 Å². The summed E-state index contributed by atoms with van der Waals surface area (Å²) in [4.78, 5) is 84.0. The summed E-state index contributed by atoms with van der Waals surface area (Å²) >= 11 is 0.